The number of carbonyl (C=O) groups excluding carboxylic acids is 2. The monoisotopic (exact) mass is 442 g/mol. The van der Waals surface area contributed by atoms with Crippen molar-refractivity contribution in [3.05, 3.63) is 101 Å². The largest absolute Gasteiger partial charge is 0.415 e. The molecule has 0 aliphatic heterocycles. The number of carbonyl (C=O) groups is 2. The van der Waals surface area contributed by atoms with E-state index < -0.39 is 0 Å². The second kappa shape index (κ2) is 6.83. The number of benzene rings is 4. The molecule has 2 heterocycles. The predicted octanol–water partition coefficient (Wildman–Crippen LogP) is 6.25. The van der Waals surface area contributed by atoms with Gasteiger partial charge < -0.3 is 8.83 Å². The van der Waals surface area contributed by atoms with E-state index in [-0.39, 0.29) is 34.5 Å². The van der Waals surface area contributed by atoms with Crippen LogP contribution in [-0.4, -0.2) is 21.5 Å². The minimum Gasteiger partial charge on any atom is -0.415 e. The van der Waals surface area contributed by atoms with Gasteiger partial charge in [-0.1, -0.05) is 60.7 Å². The topological polar surface area (TPSA) is 86.2 Å². The van der Waals surface area contributed by atoms with Gasteiger partial charge in [-0.3, -0.25) is 9.59 Å². The summed E-state index contributed by atoms with van der Waals surface area (Å²) in [5, 5.41) is 3.88. The average Bonchev–Trinajstić information content (AvgIpc) is 3.50. The maximum Gasteiger partial charge on any atom is 0.288 e. The van der Waals surface area contributed by atoms with E-state index in [2.05, 4.69) is 9.97 Å². The van der Waals surface area contributed by atoms with Crippen molar-refractivity contribution in [2.24, 2.45) is 0 Å². The van der Waals surface area contributed by atoms with Crippen LogP contribution in [0.5, 0.6) is 0 Å². The summed E-state index contributed by atoms with van der Waals surface area (Å²) in [6.45, 7) is 0. The van der Waals surface area contributed by atoms with Gasteiger partial charge in [-0.25, -0.2) is 0 Å². The molecule has 0 spiro atoms. The number of hydrogen-bond acceptors (Lipinski definition) is 6. The number of allylic oxidation sites excluding steroid dienone is 1. The molecule has 7 rings (SSSR count). The standard InChI is InChI=1S/C28H14N2O4/c31-24-20-12-16-7-1-2-8-17(16)13-21(20)25(32)22(24)14-23-29-27-28(33-23)30-26(34-27)19-11-5-9-15-6-3-4-10-18(15)19/h1-14H. The molecule has 1 aliphatic carbocycles. The fourth-order valence-electron chi connectivity index (χ4n) is 4.51. The van der Waals surface area contributed by atoms with E-state index in [4.69, 9.17) is 8.83 Å². The molecule has 0 saturated heterocycles. The Bertz CT molecular complexity index is 1760. The van der Waals surface area contributed by atoms with Gasteiger partial charge >= 0.3 is 0 Å². The minimum absolute atomic E-state index is 0.0171. The molecule has 34 heavy (non-hydrogen) atoms. The fraction of sp³-hybridized carbons (Fsp3) is 0. The molecular formula is C28H14N2O4. The van der Waals surface area contributed by atoms with Crippen molar-refractivity contribution in [2.75, 3.05) is 0 Å². The van der Waals surface area contributed by atoms with Crippen molar-refractivity contribution in [1.29, 1.82) is 0 Å². The van der Waals surface area contributed by atoms with Crippen molar-refractivity contribution in [2.45, 2.75) is 0 Å². The summed E-state index contributed by atoms with van der Waals surface area (Å²) in [5.74, 6) is -0.195. The van der Waals surface area contributed by atoms with Gasteiger partial charge in [0.05, 0.1) is 5.57 Å². The quantitative estimate of drug-likeness (QED) is 0.233. The lowest BCUT2D eigenvalue weighted by Gasteiger charge is -2.01. The number of rotatable bonds is 2. The molecule has 0 bridgehead atoms. The SMILES string of the molecule is O=C1C(=Cc2nc3oc(-c4cccc5ccccc45)nc3o2)C(=O)c2cc3ccccc3cc21. The van der Waals surface area contributed by atoms with Crippen LogP contribution in [0.3, 0.4) is 0 Å². The van der Waals surface area contributed by atoms with Crippen molar-refractivity contribution in [3.8, 4) is 11.5 Å². The predicted molar refractivity (Wildman–Crippen MR) is 128 cm³/mol. The van der Waals surface area contributed by atoms with Gasteiger partial charge in [0.2, 0.25) is 11.8 Å². The third-order valence-electron chi connectivity index (χ3n) is 6.14. The molecule has 160 valence electrons. The van der Waals surface area contributed by atoms with Crippen LogP contribution in [0.1, 0.15) is 26.6 Å². The Labute approximate surface area is 192 Å². The minimum atomic E-state index is -0.343. The number of Topliss-reactive ketones (excluding diaryl/α,β-unsaturated/α-hetero) is 2. The fourth-order valence-corrected chi connectivity index (χ4v) is 4.51. The molecule has 6 aromatic rings. The van der Waals surface area contributed by atoms with E-state index in [1.54, 1.807) is 12.1 Å². The van der Waals surface area contributed by atoms with Crippen molar-refractivity contribution >= 4 is 50.6 Å². The Kier molecular flexibility index (Phi) is 3.76. The van der Waals surface area contributed by atoms with E-state index >= 15 is 0 Å². The summed E-state index contributed by atoms with van der Waals surface area (Å²) in [6.07, 6.45) is 1.37. The molecule has 0 amide bonds. The summed E-state index contributed by atoms with van der Waals surface area (Å²) in [6, 6.07) is 25.0. The Hall–Kier alpha value is -4.84. The molecule has 0 N–H and O–H groups in total. The summed E-state index contributed by atoms with van der Waals surface area (Å²) >= 11 is 0. The highest BCUT2D eigenvalue weighted by molar-refractivity contribution is 6.42. The zero-order valence-corrected chi connectivity index (χ0v) is 17.6. The molecule has 0 saturated carbocycles. The summed E-state index contributed by atoms with van der Waals surface area (Å²) in [7, 11) is 0. The van der Waals surface area contributed by atoms with Crippen LogP contribution in [0.2, 0.25) is 0 Å². The molecule has 6 heteroatoms. The molecule has 2 aromatic heterocycles. The highest BCUT2D eigenvalue weighted by Gasteiger charge is 2.34. The van der Waals surface area contributed by atoms with Gasteiger partial charge in [0.15, 0.2) is 11.6 Å². The average molecular weight is 442 g/mol. The summed E-state index contributed by atoms with van der Waals surface area (Å²) in [4.78, 5) is 34.7. The third-order valence-corrected chi connectivity index (χ3v) is 6.14. The van der Waals surface area contributed by atoms with Crippen molar-refractivity contribution in [1.82, 2.24) is 9.97 Å². The van der Waals surface area contributed by atoms with Crippen LogP contribution in [0, 0.1) is 0 Å². The first-order chi connectivity index (χ1) is 16.7. The van der Waals surface area contributed by atoms with Gasteiger partial charge in [-0.15, -0.1) is 0 Å². The van der Waals surface area contributed by atoms with Gasteiger partial charge in [-0.05, 0) is 39.7 Å². The lowest BCUT2D eigenvalue weighted by molar-refractivity contribution is 0.0990. The zero-order chi connectivity index (χ0) is 22.8. The molecular weight excluding hydrogens is 428 g/mol. The van der Waals surface area contributed by atoms with Crippen LogP contribution < -0.4 is 0 Å². The lowest BCUT2D eigenvalue weighted by Crippen LogP contribution is -2.00. The van der Waals surface area contributed by atoms with Gasteiger partial charge in [0.25, 0.3) is 11.4 Å². The lowest BCUT2D eigenvalue weighted by atomic mass is 10.0. The van der Waals surface area contributed by atoms with Gasteiger partial charge in [-0.2, -0.15) is 9.97 Å². The van der Waals surface area contributed by atoms with E-state index in [1.807, 2.05) is 66.7 Å². The second-order valence-corrected chi connectivity index (χ2v) is 8.17. The maximum atomic E-state index is 13.0. The smallest absolute Gasteiger partial charge is 0.288 e. The first kappa shape index (κ1) is 18.7. The summed E-state index contributed by atoms with van der Waals surface area (Å²) in [5.41, 5.74) is 2.04. The van der Waals surface area contributed by atoms with E-state index in [0.717, 1.165) is 27.1 Å². The third kappa shape index (κ3) is 2.69. The van der Waals surface area contributed by atoms with Crippen LogP contribution in [0.15, 0.2) is 93.3 Å². The number of nitrogens with zero attached hydrogens (tertiary/aromatic N) is 2. The van der Waals surface area contributed by atoms with Gasteiger partial charge in [0.1, 0.15) is 0 Å². The summed E-state index contributed by atoms with van der Waals surface area (Å²) < 4.78 is 11.6. The Morgan fingerprint density at radius 3 is 1.94 bits per heavy atom. The Morgan fingerprint density at radius 2 is 1.24 bits per heavy atom. The van der Waals surface area contributed by atoms with Crippen molar-refractivity contribution < 1.29 is 18.4 Å². The molecule has 0 atom stereocenters. The van der Waals surface area contributed by atoms with Crippen molar-refractivity contribution in [3.63, 3.8) is 0 Å². The molecule has 0 fully saturated rings. The zero-order valence-electron chi connectivity index (χ0n) is 17.6. The number of oxazole rings is 2. The number of hydrogen-bond donors (Lipinski definition) is 0. The first-order valence-corrected chi connectivity index (χ1v) is 10.7. The first-order valence-electron chi connectivity index (χ1n) is 10.7. The molecule has 6 nitrogen and oxygen atoms in total. The highest BCUT2D eigenvalue weighted by atomic mass is 16.4. The Balaban J connectivity index is 1.28. The molecule has 0 radical (unpaired) electrons. The van der Waals surface area contributed by atoms with Crippen LogP contribution >= 0.6 is 0 Å². The van der Waals surface area contributed by atoms with Gasteiger partial charge in [0, 0.05) is 22.8 Å². The number of fused-ring (bicyclic) bond motifs is 4. The normalized spacial score (nSPS) is 13.4. The second-order valence-electron chi connectivity index (χ2n) is 8.17. The van der Waals surface area contributed by atoms with E-state index in [1.165, 1.54) is 6.08 Å². The van der Waals surface area contributed by atoms with Crippen LogP contribution in [-0.2, 0) is 0 Å². The number of aromatic nitrogens is 2. The molecule has 1 aliphatic rings. The van der Waals surface area contributed by atoms with E-state index in [9.17, 15) is 9.59 Å². The molecule has 4 aromatic carbocycles. The Morgan fingerprint density at radius 1 is 0.618 bits per heavy atom. The van der Waals surface area contributed by atoms with Crippen LogP contribution in [0.4, 0.5) is 0 Å². The van der Waals surface area contributed by atoms with E-state index in [0.29, 0.717) is 17.0 Å². The molecule has 0 unspecified atom stereocenters. The highest BCUT2D eigenvalue weighted by Crippen LogP contribution is 2.33. The van der Waals surface area contributed by atoms with Crippen LogP contribution in [0.25, 0.3) is 50.5 Å². The maximum absolute atomic E-state index is 13.0. The number of ketones is 2.